The van der Waals surface area contributed by atoms with E-state index in [1.165, 1.54) is 28.9 Å². The molecule has 0 unspecified atom stereocenters. The molecule has 2 aromatic carbocycles. The number of carbonyl (C=O) groups excluding carboxylic acids is 1. The molecular formula is C40H42F3N11O3. The number of hydrogen-bond acceptors (Lipinski definition) is 11. The highest BCUT2D eigenvalue weighted by Gasteiger charge is 2.42. The lowest BCUT2D eigenvalue weighted by atomic mass is 10.1. The lowest BCUT2D eigenvalue weighted by molar-refractivity contribution is -0.132. The fourth-order valence-corrected chi connectivity index (χ4v) is 8.64. The van der Waals surface area contributed by atoms with Gasteiger partial charge in [0.15, 0.2) is 11.5 Å². The van der Waals surface area contributed by atoms with Gasteiger partial charge in [-0.2, -0.15) is 15.1 Å². The zero-order valence-corrected chi connectivity index (χ0v) is 32.0. The van der Waals surface area contributed by atoms with E-state index in [1.54, 1.807) is 32.4 Å². The molecule has 3 aliphatic heterocycles. The molecule has 57 heavy (non-hydrogen) atoms. The molecule has 14 nitrogen and oxygen atoms in total. The fourth-order valence-electron chi connectivity index (χ4n) is 8.64. The van der Waals surface area contributed by atoms with Crippen LogP contribution in [0, 0.1) is 24.4 Å². The topological polar surface area (TPSA) is 132 Å². The van der Waals surface area contributed by atoms with E-state index >= 15 is 8.78 Å². The van der Waals surface area contributed by atoms with Gasteiger partial charge >= 0.3 is 0 Å². The van der Waals surface area contributed by atoms with Crippen molar-refractivity contribution in [2.45, 2.75) is 57.0 Å². The molecule has 1 amide bonds. The van der Waals surface area contributed by atoms with Crippen LogP contribution in [-0.4, -0.2) is 117 Å². The third-order valence-electron chi connectivity index (χ3n) is 11.3. The second-order valence-corrected chi connectivity index (χ2v) is 15.0. The molecule has 0 aliphatic carbocycles. The number of nitrogens with zero attached hydrogens (tertiary/aromatic N) is 10. The molecule has 2 fully saturated rings. The van der Waals surface area contributed by atoms with E-state index in [9.17, 15) is 9.18 Å². The Kier molecular flexibility index (Phi) is 9.43. The number of imidazole rings is 1. The second-order valence-electron chi connectivity index (χ2n) is 15.0. The van der Waals surface area contributed by atoms with E-state index in [1.807, 2.05) is 34.6 Å². The van der Waals surface area contributed by atoms with Crippen LogP contribution in [0.3, 0.4) is 0 Å². The Hall–Kier alpha value is -5.81. The number of benzene rings is 2. The van der Waals surface area contributed by atoms with Gasteiger partial charge in [0.25, 0.3) is 0 Å². The predicted octanol–water partition coefficient (Wildman–Crippen LogP) is 5.11. The summed E-state index contributed by atoms with van der Waals surface area (Å²) in [5.74, 6) is -0.0219. The normalized spacial score (nSPS) is 21.4. The molecule has 0 spiro atoms. The van der Waals surface area contributed by atoms with Crippen LogP contribution in [0.1, 0.15) is 25.1 Å². The van der Waals surface area contributed by atoms with E-state index in [0.29, 0.717) is 83.9 Å². The number of ether oxygens (including phenoxy) is 2. The first-order valence-electron chi connectivity index (χ1n) is 19.0. The molecule has 4 atom stereocenters. The minimum absolute atomic E-state index is 0.00218. The monoisotopic (exact) mass is 781 g/mol. The molecule has 3 aliphatic rings. The highest BCUT2D eigenvalue weighted by atomic mass is 19.1. The van der Waals surface area contributed by atoms with Gasteiger partial charge in [0, 0.05) is 64.6 Å². The van der Waals surface area contributed by atoms with Crippen LogP contribution in [0.5, 0.6) is 0 Å². The smallest absolute Gasteiger partial charge is 0.245 e. The summed E-state index contributed by atoms with van der Waals surface area (Å²) < 4.78 is 59.4. The molecule has 9 rings (SSSR count). The van der Waals surface area contributed by atoms with Crippen LogP contribution in [-0.2, 0) is 20.8 Å². The third-order valence-corrected chi connectivity index (χ3v) is 11.3. The van der Waals surface area contributed by atoms with E-state index < -0.39 is 29.6 Å². The minimum atomic E-state index is -0.798. The molecule has 2 saturated heterocycles. The van der Waals surface area contributed by atoms with E-state index in [2.05, 4.69) is 20.3 Å². The van der Waals surface area contributed by atoms with Crippen LogP contribution in [0.25, 0.3) is 39.0 Å². The van der Waals surface area contributed by atoms with Gasteiger partial charge in [-0.15, -0.1) is 0 Å². The number of methoxy groups -OCH3 is 2. The Morgan fingerprint density at radius 2 is 1.81 bits per heavy atom. The Balaban J connectivity index is 1.18. The minimum Gasteiger partial charge on any atom is -0.383 e. The molecule has 17 heteroatoms. The van der Waals surface area contributed by atoms with Gasteiger partial charge in [0.2, 0.25) is 11.9 Å². The van der Waals surface area contributed by atoms with Gasteiger partial charge in [-0.05, 0) is 56.5 Å². The molecule has 4 aromatic heterocycles. The summed E-state index contributed by atoms with van der Waals surface area (Å²) in [5.41, 5.74) is 2.72. The van der Waals surface area contributed by atoms with Crippen molar-refractivity contribution in [2.75, 3.05) is 62.6 Å². The predicted molar refractivity (Wildman–Crippen MR) is 208 cm³/mol. The first kappa shape index (κ1) is 36.8. The van der Waals surface area contributed by atoms with Crippen molar-refractivity contribution in [3.8, 4) is 16.9 Å². The number of anilines is 3. The van der Waals surface area contributed by atoms with Gasteiger partial charge in [0.1, 0.15) is 40.8 Å². The number of likely N-dealkylation sites (N-methyl/N-ethyl adjacent to an activating group) is 1. The number of pyridine rings is 1. The summed E-state index contributed by atoms with van der Waals surface area (Å²) in [6.45, 7) is 3.92. The van der Waals surface area contributed by atoms with Crippen molar-refractivity contribution in [1.82, 2.24) is 39.2 Å². The molecule has 0 radical (unpaired) electrons. The molecule has 6 aromatic rings. The van der Waals surface area contributed by atoms with E-state index in [0.717, 1.165) is 24.4 Å². The third kappa shape index (κ3) is 6.57. The van der Waals surface area contributed by atoms with Gasteiger partial charge in [-0.1, -0.05) is 6.07 Å². The highest BCUT2D eigenvalue weighted by Crippen LogP contribution is 2.37. The van der Waals surface area contributed by atoms with Crippen molar-refractivity contribution in [3.05, 3.63) is 78.0 Å². The summed E-state index contributed by atoms with van der Waals surface area (Å²) in [4.78, 5) is 40.2. The molecule has 7 heterocycles. The average Bonchev–Trinajstić information content (AvgIpc) is 3.99. The standard InChI is InChI=1S/C40H42F3N11O3/c1-22-45-32-15-24(42)13-28-31-8-5-9-35(47-31)46-25-16-34(39(55)50(2)19-27(57-4)20-52(22)36(28)32)53(18-25)37-29-17-44-54(33-11-10-23(41)14-30(33)43)38(29)49-40(48-37)51-12-6-7-26(51)21-56-3/h5,8-11,13-15,17,25-27,34H,6-7,12,16,18-21H2,1-4H3,(H,46,47)/t25-,26-,27-,34-/m0/s1. The number of aromatic nitrogens is 7. The molecule has 0 saturated carbocycles. The SMILES string of the molecule is COC[C@@H]1CCCN1c1nc(N2C[C@@H]3C[C@H]2C(=O)N(C)C[C@H](OC)Cn2c(C)nc4cc(F)cc(c42)-c2cccc(n2)N3)c2cnn(-c3ccc(F)cc3F)c2n1. The van der Waals surface area contributed by atoms with Crippen molar-refractivity contribution in [2.24, 2.45) is 0 Å². The van der Waals surface area contributed by atoms with Gasteiger partial charge < -0.3 is 34.1 Å². The van der Waals surface area contributed by atoms with Crippen LogP contribution < -0.4 is 15.1 Å². The van der Waals surface area contributed by atoms with Crippen LogP contribution >= 0.6 is 0 Å². The van der Waals surface area contributed by atoms with E-state index in [4.69, 9.17) is 24.4 Å². The number of fused-ring (bicyclic) bond motifs is 6. The van der Waals surface area contributed by atoms with Crippen molar-refractivity contribution in [3.63, 3.8) is 0 Å². The van der Waals surface area contributed by atoms with E-state index in [-0.39, 0.29) is 30.2 Å². The summed E-state index contributed by atoms with van der Waals surface area (Å²) in [7, 11) is 5.01. The van der Waals surface area contributed by atoms with Crippen molar-refractivity contribution < 1.29 is 27.4 Å². The molecular weight excluding hydrogens is 740 g/mol. The quantitative estimate of drug-likeness (QED) is 0.242. The lowest BCUT2D eigenvalue weighted by Gasteiger charge is -2.31. The number of aryl methyl sites for hydroxylation is 1. The number of halogens is 3. The molecule has 296 valence electrons. The maximum atomic E-state index is 15.3. The number of amides is 1. The summed E-state index contributed by atoms with van der Waals surface area (Å²) in [6.07, 6.45) is 3.26. The maximum absolute atomic E-state index is 15.3. The van der Waals surface area contributed by atoms with Crippen molar-refractivity contribution >= 4 is 45.6 Å². The van der Waals surface area contributed by atoms with Crippen LogP contribution in [0.2, 0.25) is 0 Å². The zero-order chi connectivity index (χ0) is 39.5. The lowest BCUT2D eigenvalue weighted by Crippen LogP contribution is -2.47. The summed E-state index contributed by atoms with van der Waals surface area (Å²) in [6, 6.07) is 10.8. The van der Waals surface area contributed by atoms with Gasteiger partial charge in [-0.3, -0.25) is 4.79 Å². The Morgan fingerprint density at radius 3 is 2.61 bits per heavy atom. The zero-order valence-electron chi connectivity index (χ0n) is 32.0. The Morgan fingerprint density at radius 1 is 0.947 bits per heavy atom. The average molecular weight is 782 g/mol. The first-order valence-corrected chi connectivity index (χ1v) is 19.0. The van der Waals surface area contributed by atoms with Gasteiger partial charge in [0.05, 0.1) is 53.6 Å². The number of nitrogens with one attached hydrogen (secondary N) is 1. The van der Waals surface area contributed by atoms with Crippen LogP contribution in [0.4, 0.5) is 30.8 Å². The maximum Gasteiger partial charge on any atom is 0.245 e. The molecule has 4 bridgehead atoms. The number of hydrogen-bond donors (Lipinski definition) is 1. The first-order chi connectivity index (χ1) is 27.6. The van der Waals surface area contributed by atoms with Crippen molar-refractivity contribution in [1.29, 1.82) is 0 Å². The molecule has 1 N–H and O–H groups in total. The number of rotatable bonds is 6. The number of carbonyl (C=O) groups is 1. The van der Waals surface area contributed by atoms with Crippen LogP contribution in [0.15, 0.2) is 54.7 Å². The second kappa shape index (κ2) is 14.6. The Bertz CT molecular complexity index is 2510. The largest absolute Gasteiger partial charge is 0.383 e. The summed E-state index contributed by atoms with van der Waals surface area (Å²) in [5, 5.41) is 8.59. The highest BCUT2D eigenvalue weighted by molar-refractivity contribution is 5.94. The Labute approximate surface area is 326 Å². The summed E-state index contributed by atoms with van der Waals surface area (Å²) >= 11 is 0. The van der Waals surface area contributed by atoms with Gasteiger partial charge in [-0.25, -0.2) is 27.8 Å². The fraction of sp³-hybridized carbons (Fsp3) is 0.400.